The number of aliphatic hydroxyl groups is 1. The molecule has 3 saturated carbocycles. The number of fused-ring (bicyclic) bond motifs is 3. The summed E-state index contributed by atoms with van der Waals surface area (Å²) in [5.41, 5.74) is 15.6. The second-order valence-corrected chi connectivity index (χ2v) is 45.1. The highest BCUT2D eigenvalue weighted by Gasteiger charge is 2.33. The van der Waals surface area contributed by atoms with Gasteiger partial charge in [0.15, 0.2) is 34.7 Å². The number of ether oxygens (including phenoxy) is 6. The van der Waals surface area contributed by atoms with Crippen molar-refractivity contribution in [3.63, 3.8) is 0 Å². The molecule has 3 atom stereocenters. The van der Waals surface area contributed by atoms with Crippen LogP contribution < -0.4 is 19.9 Å². The number of aliphatic carboxylic acids is 1. The molecule has 9 aromatic heterocycles. The van der Waals surface area contributed by atoms with E-state index in [9.17, 15) is 46.7 Å². The lowest BCUT2D eigenvalue weighted by molar-refractivity contribution is -0.160. The molecular formula is C115H138F3N13O15S3. The van der Waals surface area contributed by atoms with Gasteiger partial charge in [0.1, 0.15) is 59.5 Å². The number of esters is 3. The molecular weight excluding hydrogens is 1960 g/mol. The Morgan fingerprint density at radius 2 is 0.725 bits per heavy atom. The topological polar surface area (TPSA) is 338 Å². The standard InChI is InChI=1S/C37H43FN4O4S.C36H42FN5O4S.C31H33FN4O3S.C11H20O4/c1-24(2)25(3)37(44)45-17-16-41-12-14-42(15-13-41)23-28-6-8-31(40-22-28)35-21-32-36(47-35)34(10-11-39-32)46-33-9-7-27(20-30(33)38)19-29(43)18-26-4-5-26;1-23(2)34(38)36(44)45-16-15-41-11-13-42(14-12-41)22-26-5-7-29(40-21-26)33-20-30-35(47-33)32(9-10-39-30)46-31-8-6-25(19-28(31)37)18-27(43)17-24-3-4-24;32-25-17-22(16-24(38)15-21-1-2-21)4-6-28(25)39-29-7-8-33-27-18-30(40-31(27)29)26-5-3-23(19-34-26)20-36-11-9-35(10-12-36)13-14-37;1-7(2)8(10(13)14)6-9(12)15-11(3,4)5/h6-11,20-22,24-26H,4-5,12-19,23H2,1-3H3;5-10,19-21,23-24,34H,3-4,11-18,22,38H2,1-2H3;3-8,17-19,21,37H,1-2,9-16,20H2;7-8H,6H2,1-5H3,(H,13,14)/t25-;34-;;8-/m00.0/s1. The van der Waals surface area contributed by atoms with E-state index in [2.05, 4.69) is 62.6 Å². The minimum Gasteiger partial charge on any atom is -0.481 e. The first-order valence-corrected chi connectivity index (χ1v) is 54.5. The van der Waals surface area contributed by atoms with Crippen LogP contribution in [0.4, 0.5) is 13.2 Å². The molecule has 3 aliphatic heterocycles. The monoisotopic (exact) mass is 2090 g/mol. The zero-order valence-corrected chi connectivity index (χ0v) is 89.3. The third-order valence-corrected chi connectivity index (χ3v) is 31.0. The van der Waals surface area contributed by atoms with Crippen LogP contribution in [0.5, 0.6) is 34.5 Å². The van der Waals surface area contributed by atoms with E-state index in [1.807, 2.05) is 89.6 Å². The molecule has 12 aromatic rings. The molecule has 28 nitrogen and oxygen atoms in total. The number of carbonyl (C=O) groups is 7. The second kappa shape index (κ2) is 52.8. The summed E-state index contributed by atoms with van der Waals surface area (Å²) < 4.78 is 81.3. The lowest BCUT2D eigenvalue weighted by atomic mass is 9.93. The molecule has 3 aromatic carbocycles. The van der Waals surface area contributed by atoms with E-state index >= 15 is 0 Å². The third kappa shape index (κ3) is 33.6. The second-order valence-electron chi connectivity index (χ2n) is 41.9. The molecule has 792 valence electrons. The number of β-amino-alcohol motifs (C(OH)–C–C–N with tert-alkyl or cyclic N) is 1. The van der Waals surface area contributed by atoms with Gasteiger partial charge >= 0.3 is 23.9 Å². The van der Waals surface area contributed by atoms with Gasteiger partial charge in [0.25, 0.3) is 0 Å². The number of nitrogens with zero attached hydrogens (tertiary/aromatic N) is 12. The van der Waals surface area contributed by atoms with Gasteiger partial charge in [-0.15, -0.1) is 34.0 Å². The fourth-order valence-corrected chi connectivity index (χ4v) is 20.8. The summed E-state index contributed by atoms with van der Waals surface area (Å²) in [6, 6.07) is 37.3. The van der Waals surface area contributed by atoms with E-state index < -0.39 is 47.0 Å². The fourth-order valence-electron chi connectivity index (χ4n) is 17.7. The number of carboxylic acids is 1. The summed E-state index contributed by atoms with van der Waals surface area (Å²) in [6.07, 6.45) is 20.0. The number of hydrogen-bond donors (Lipinski definition) is 3. The first-order valence-electron chi connectivity index (χ1n) is 52.0. The van der Waals surface area contributed by atoms with Crippen molar-refractivity contribution in [1.82, 2.24) is 59.3 Å². The maximum Gasteiger partial charge on any atom is 0.323 e. The van der Waals surface area contributed by atoms with Gasteiger partial charge in [-0.2, -0.15) is 0 Å². The number of carboxylic acid groups (broad SMARTS) is 1. The van der Waals surface area contributed by atoms with Crippen LogP contribution in [-0.4, -0.2) is 240 Å². The Balaban J connectivity index is 0.000000157. The Labute approximate surface area is 881 Å². The van der Waals surface area contributed by atoms with Gasteiger partial charge in [0.2, 0.25) is 0 Å². The molecule has 34 heteroatoms. The minimum absolute atomic E-state index is 0.0619. The lowest BCUT2D eigenvalue weighted by Crippen LogP contribution is -2.47. The SMILES string of the molecule is CC(C)[C@H](C)C(=O)OCCN1CCN(Cc2ccc(-c3cc4nccc(Oc5ccc(CC(=O)CC6CC6)cc5F)c4s3)nc2)CC1.CC(C)[C@H](CC(=O)OC(C)(C)C)C(=O)O.CC(C)[C@H](N)C(=O)OCCN1CCN(Cc2ccc(-c3cc4nccc(Oc5ccc(CC(=O)CC6CC6)cc5F)c4s3)nc2)CC1.O=C(Cc1ccc(Oc2ccnc3cc(-c4ccc(CN5CCN(CCO)CC5)cn4)sc23)c(F)c1)CC1CC1. The number of aromatic nitrogens is 6. The predicted octanol–water partition coefficient (Wildman–Crippen LogP) is 20.4. The van der Waals surface area contributed by atoms with E-state index in [1.165, 1.54) is 52.2 Å². The number of pyridine rings is 6. The van der Waals surface area contributed by atoms with Gasteiger partial charge in [-0.05, 0) is 201 Å². The van der Waals surface area contributed by atoms with Gasteiger partial charge < -0.3 is 44.4 Å². The number of benzene rings is 3. The van der Waals surface area contributed by atoms with Crippen LogP contribution in [0.25, 0.3) is 62.4 Å². The van der Waals surface area contributed by atoms with Crippen LogP contribution in [0.2, 0.25) is 0 Å². The Bertz CT molecular complexity index is 6290. The summed E-state index contributed by atoms with van der Waals surface area (Å²) in [6.45, 7) is 35.7. The van der Waals surface area contributed by atoms with Crippen molar-refractivity contribution in [2.45, 2.75) is 184 Å². The molecule has 6 aliphatic rings. The molecule has 3 aliphatic carbocycles. The molecule has 18 rings (SSSR count). The zero-order valence-electron chi connectivity index (χ0n) is 86.8. The highest BCUT2D eigenvalue weighted by molar-refractivity contribution is 7.23. The largest absolute Gasteiger partial charge is 0.481 e. The number of halogens is 3. The lowest BCUT2D eigenvalue weighted by Gasteiger charge is -2.34. The van der Waals surface area contributed by atoms with Crippen LogP contribution in [0, 0.1) is 64.8 Å². The van der Waals surface area contributed by atoms with Crippen molar-refractivity contribution in [3.05, 3.63) is 215 Å². The van der Waals surface area contributed by atoms with Crippen LogP contribution in [0.1, 0.15) is 167 Å². The quantitative estimate of drug-likeness (QED) is 0.0236. The van der Waals surface area contributed by atoms with Crippen LogP contribution >= 0.6 is 34.0 Å². The Kier molecular flexibility index (Phi) is 39.4. The predicted molar refractivity (Wildman–Crippen MR) is 574 cm³/mol. The summed E-state index contributed by atoms with van der Waals surface area (Å²) in [4.78, 5) is 128. The van der Waals surface area contributed by atoms with Crippen molar-refractivity contribution >= 4 is 106 Å². The highest BCUT2D eigenvalue weighted by Crippen LogP contribution is 2.45. The molecule has 4 N–H and O–H groups in total. The van der Waals surface area contributed by atoms with E-state index in [-0.39, 0.29) is 102 Å². The Morgan fingerprint density at radius 3 is 1.01 bits per heavy atom. The Morgan fingerprint density at radius 1 is 0.403 bits per heavy atom. The van der Waals surface area contributed by atoms with E-state index in [0.717, 1.165) is 229 Å². The number of piperazine rings is 3. The Hall–Kier alpha value is -11.8. The summed E-state index contributed by atoms with van der Waals surface area (Å²) in [5, 5.41) is 18.0. The molecule has 0 bridgehead atoms. The molecule has 0 spiro atoms. The van der Waals surface area contributed by atoms with Crippen LogP contribution in [-0.2, 0) is 86.7 Å². The minimum atomic E-state index is -0.948. The molecule has 149 heavy (non-hydrogen) atoms. The number of Topliss-reactive ketones (excluding diaryl/α,β-unsaturated/α-hetero) is 3. The third-order valence-electron chi connectivity index (χ3n) is 27.5. The molecule has 3 saturated heterocycles. The van der Waals surface area contributed by atoms with Crippen molar-refractivity contribution in [1.29, 1.82) is 0 Å². The number of nitrogens with two attached hydrogens (primary N) is 1. The fraction of sp³-hybridized carbons (Fsp3) is 0.470. The molecule has 12 heterocycles. The van der Waals surface area contributed by atoms with Crippen molar-refractivity contribution in [3.8, 4) is 66.2 Å². The average molecular weight is 2100 g/mol. The van der Waals surface area contributed by atoms with E-state index in [1.54, 1.807) is 108 Å². The molecule has 0 radical (unpaired) electrons. The number of rotatable bonds is 43. The van der Waals surface area contributed by atoms with Crippen LogP contribution in [0.3, 0.4) is 0 Å². The van der Waals surface area contributed by atoms with Crippen molar-refractivity contribution < 1.29 is 85.4 Å². The van der Waals surface area contributed by atoms with Gasteiger partial charge in [0, 0.05) is 212 Å². The van der Waals surface area contributed by atoms with Gasteiger partial charge in [-0.1, -0.05) is 84.9 Å². The first-order chi connectivity index (χ1) is 71.6. The smallest absolute Gasteiger partial charge is 0.323 e. The summed E-state index contributed by atoms with van der Waals surface area (Å²) in [5.74, 6) is 0.229. The number of thiophene rings is 3. The van der Waals surface area contributed by atoms with Gasteiger partial charge in [-0.3, -0.25) is 92.9 Å². The number of ketones is 3. The summed E-state index contributed by atoms with van der Waals surface area (Å²) >= 11 is 4.54. The molecule has 0 amide bonds. The van der Waals surface area contributed by atoms with Crippen molar-refractivity contribution in [2.24, 2.45) is 53.1 Å². The van der Waals surface area contributed by atoms with Crippen LogP contribution in [0.15, 0.2) is 165 Å². The molecule has 6 fully saturated rings. The van der Waals surface area contributed by atoms with Crippen molar-refractivity contribution in [2.75, 3.05) is 118 Å². The van der Waals surface area contributed by atoms with E-state index in [0.29, 0.717) is 90.7 Å². The first kappa shape index (κ1) is 111. The number of carbonyl (C=O) groups excluding carboxylic acids is 6. The maximum absolute atomic E-state index is 15.0. The highest BCUT2D eigenvalue weighted by atomic mass is 32.1. The zero-order chi connectivity index (χ0) is 106. The van der Waals surface area contributed by atoms with Gasteiger partial charge in [0.05, 0.1) is 87.2 Å². The number of aliphatic hydroxyl groups excluding tert-OH is 1. The van der Waals surface area contributed by atoms with Gasteiger partial charge in [-0.25, -0.2) is 13.2 Å². The molecule has 0 unspecified atom stereocenters. The maximum atomic E-state index is 15.0. The summed E-state index contributed by atoms with van der Waals surface area (Å²) in [7, 11) is 0. The number of hydrogen-bond acceptors (Lipinski definition) is 30. The van der Waals surface area contributed by atoms with E-state index in [4.69, 9.17) is 59.3 Å². The normalized spacial score (nSPS) is 16.2. The average Bonchev–Trinajstić information content (AvgIpc) is 1.65.